The number of ether oxygens (including phenoxy) is 1. The van der Waals surface area contributed by atoms with Gasteiger partial charge >= 0.3 is 5.97 Å². The predicted octanol–water partition coefficient (Wildman–Crippen LogP) is 0.747. The smallest absolute Gasteiger partial charge is 0.322 e. The molecule has 2 N–H and O–H groups in total. The number of aryl methyl sites for hydroxylation is 1. The van der Waals surface area contributed by atoms with Crippen LogP contribution in [0.15, 0.2) is 18.2 Å². The highest BCUT2D eigenvalue weighted by Crippen LogP contribution is 2.20. The number of carbonyl (C=O) groups excluding carboxylic acids is 1. The molecule has 0 unspecified atom stereocenters. The second kappa shape index (κ2) is 5.89. The number of hydrogen-bond acceptors (Lipinski definition) is 3. The van der Waals surface area contributed by atoms with Crippen molar-refractivity contribution in [2.24, 2.45) is 0 Å². The molecule has 1 aromatic rings. The molecule has 92 valence electrons. The second-order valence-electron chi connectivity index (χ2n) is 3.66. The SMILES string of the molecule is COc1cc(C)ccc1CC(=O)NCC(=O)O. The van der Waals surface area contributed by atoms with Gasteiger partial charge in [0.05, 0.1) is 13.5 Å². The van der Waals surface area contributed by atoms with E-state index in [-0.39, 0.29) is 18.9 Å². The number of methoxy groups -OCH3 is 1. The van der Waals surface area contributed by atoms with E-state index >= 15 is 0 Å². The Labute approximate surface area is 99.4 Å². The summed E-state index contributed by atoms with van der Waals surface area (Å²) in [7, 11) is 1.54. The number of carboxylic acid groups (broad SMARTS) is 1. The minimum absolute atomic E-state index is 0.108. The monoisotopic (exact) mass is 237 g/mol. The van der Waals surface area contributed by atoms with Gasteiger partial charge in [0.25, 0.3) is 0 Å². The summed E-state index contributed by atoms with van der Waals surface area (Å²) in [6.07, 6.45) is 0.108. The maximum Gasteiger partial charge on any atom is 0.322 e. The highest BCUT2D eigenvalue weighted by Gasteiger charge is 2.09. The van der Waals surface area contributed by atoms with Gasteiger partial charge in [0.2, 0.25) is 5.91 Å². The highest BCUT2D eigenvalue weighted by molar-refractivity contribution is 5.83. The Morgan fingerprint density at radius 1 is 1.41 bits per heavy atom. The van der Waals surface area contributed by atoms with Crippen LogP contribution in [-0.2, 0) is 16.0 Å². The van der Waals surface area contributed by atoms with Crippen LogP contribution in [0, 0.1) is 6.92 Å². The van der Waals surface area contributed by atoms with E-state index in [1.807, 2.05) is 19.1 Å². The van der Waals surface area contributed by atoms with E-state index in [0.29, 0.717) is 5.75 Å². The van der Waals surface area contributed by atoms with Gasteiger partial charge in [-0.1, -0.05) is 12.1 Å². The van der Waals surface area contributed by atoms with Gasteiger partial charge < -0.3 is 15.2 Å². The van der Waals surface area contributed by atoms with Crippen LogP contribution in [0.3, 0.4) is 0 Å². The minimum atomic E-state index is -1.06. The fraction of sp³-hybridized carbons (Fsp3) is 0.333. The number of aliphatic carboxylic acids is 1. The molecule has 0 fully saturated rings. The van der Waals surface area contributed by atoms with Crippen molar-refractivity contribution < 1.29 is 19.4 Å². The molecule has 0 aliphatic rings. The number of carbonyl (C=O) groups is 2. The van der Waals surface area contributed by atoms with Gasteiger partial charge in [0.15, 0.2) is 0 Å². The molecule has 5 heteroatoms. The van der Waals surface area contributed by atoms with E-state index in [4.69, 9.17) is 9.84 Å². The first kappa shape index (κ1) is 13.0. The average Bonchev–Trinajstić information content (AvgIpc) is 2.28. The first-order valence-corrected chi connectivity index (χ1v) is 5.15. The Morgan fingerprint density at radius 2 is 2.12 bits per heavy atom. The van der Waals surface area contributed by atoms with E-state index in [1.54, 1.807) is 6.07 Å². The quantitative estimate of drug-likeness (QED) is 0.792. The predicted molar refractivity (Wildman–Crippen MR) is 62.1 cm³/mol. The van der Waals surface area contributed by atoms with Crippen molar-refractivity contribution >= 4 is 11.9 Å². The van der Waals surface area contributed by atoms with Gasteiger partial charge in [0, 0.05) is 5.56 Å². The molecule has 5 nitrogen and oxygen atoms in total. The number of rotatable bonds is 5. The number of nitrogens with one attached hydrogen (secondary N) is 1. The van der Waals surface area contributed by atoms with Crippen molar-refractivity contribution in [2.75, 3.05) is 13.7 Å². The number of carboxylic acids is 1. The molecule has 1 rings (SSSR count). The Kier molecular flexibility index (Phi) is 4.51. The molecule has 0 saturated heterocycles. The minimum Gasteiger partial charge on any atom is -0.496 e. The normalized spacial score (nSPS) is 9.76. The molecule has 0 aliphatic heterocycles. The van der Waals surface area contributed by atoms with Crippen LogP contribution in [0.5, 0.6) is 5.75 Å². The Balaban J connectivity index is 2.67. The van der Waals surface area contributed by atoms with Gasteiger partial charge in [0.1, 0.15) is 12.3 Å². The largest absolute Gasteiger partial charge is 0.496 e. The topological polar surface area (TPSA) is 75.6 Å². The van der Waals surface area contributed by atoms with Gasteiger partial charge in [-0.25, -0.2) is 0 Å². The third-order valence-electron chi connectivity index (χ3n) is 2.23. The summed E-state index contributed by atoms with van der Waals surface area (Å²) >= 11 is 0. The zero-order chi connectivity index (χ0) is 12.8. The second-order valence-corrected chi connectivity index (χ2v) is 3.66. The van der Waals surface area contributed by atoms with E-state index in [0.717, 1.165) is 11.1 Å². The molecule has 0 atom stereocenters. The van der Waals surface area contributed by atoms with Crippen molar-refractivity contribution in [3.8, 4) is 5.75 Å². The molecule has 0 bridgehead atoms. The molecule has 0 aliphatic carbocycles. The molecular formula is C12H15NO4. The van der Waals surface area contributed by atoms with Crippen LogP contribution in [0.1, 0.15) is 11.1 Å². The fourth-order valence-corrected chi connectivity index (χ4v) is 1.41. The van der Waals surface area contributed by atoms with E-state index in [9.17, 15) is 9.59 Å². The summed E-state index contributed by atoms with van der Waals surface area (Å²) in [4.78, 5) is 21.7. The van der Waals surface area contributed by atoms with Gasteiger partial charge in [-0.3, -0.25) is 9.59 Å². The summed E-state index contributed by atoms with van der Waals surface area (Å²) in [5, 5.41) is 10.7. The molecule has 0 radical (unpaired) electrons. The lowest BCUT2D eigenvalue weighted by Crippen LogP contribution is -2.30. The van der Waals surface area contributed by atoms with E-state index in [2.05, 4.69) is 5.32 Å². The molecule has 0 heterocycles. The summed E-state index contributed by atoms with van der Waals surface area (Å²) in [6, 6.07) is 5.51. The van der Waals surface area contributed by atoms with Crippen LogP contribution >= 0.6 is 0 Å². The summed E-state index contributed by atoms with van der Waals surface area (Å²) in [5.41, 5.74) is 1.78. The van der Waals surface area contributed by atoms with E-state index in [1.165, 1.54) is 7.11 Å². The zero-order valence-electron chi connectivity index (χ0n) is 9.82. The Morgan fingerprint density at radius 3 is 2.71 bits per heavy atom. The van der Waals surface area contributed by atoms with Crippen LogP contribution < -0.4 is 10.1 Å². The van der Waals surface area contributed by atoms with Crippen LogP contribution in [-0.4, -0.2) is 30.6 Å². The van der Waals surface area contributed by atoms with Gasteiger partial charge in [-0.15, -0.1) is 0 Å². The van der Waals surface area contributed by atoms with Crippen molar-refractivity contribution in [3.05, 3.63) is 29.3 Å². The zero-order valence-corrected chi connectivity index (χ0v) is 9.82. The first-order chi connectivity index (χ1) is 8.02. The van der Waals surface area contributed by atoms with Gasteiger partial charge in [-0.05, 0) is 18.6 Å². The van der Waals surface area contributed by atoms with Gasteiger partial charge in [-0.2, -0.15) is 0 Å². The highest BCUT2D eigenvalue weighted by atomic mass is 16.5. The standard InChI is InChI=1S/C12H15NO4/c1-8-3-4-9(10(5-8)17-2)6-11(14)13-7-12(15)16/h3-5H,6-7H2,1-2H3,(H,13,14)(H,15,16). The van der Waals surface area contributed by atoms with Crippen molar-refractivity contribution in [1.29, 1.82) is 0 Å². The molecular weight excluding hydrogens is 222 g/mol. The molecule has 0 aromatic heterocycles. The summed E-state index contributed by atoms with van der Waals surface area (Å²) < 4.78 is 5.16. The van der Waals surface area contributed by atoms with Crippen molar-refractivity contribution in [3.63, 3.8) is 0 Å². The lowest BCUT2D eigenvalue weighted by molar-refractivity contribution is -0.137. The number of amides is 1. The molecule has 1 amide bonds. The fourth-order valence-electron chi connectivity index (χ4n) is 1.41. The Hall–Kier alpha value is -2.04. The van der Waals surface area contributed by atoms with Crippen LogP contribution in [0.25, 0.3) is 0 Å². The molecule has 0 saturated carbocycles. The third-order valence-corrected chi connectivity index (χ3v) is 2.23. The average molecular weight is 237 g/mol. The lowest BCUT2D eigenvalue weighted by Gasteiger charge is -2.09. The number of benzene rings is 1. The maximum absolute atomic E-state index is 11.4. The summed E-state index contributed by atoms with van der Waals surface area (Å²) in [5.74, 6) is -0.765. The van der Waals surface area contributed by atoms with Crippen molar-refractivity contribution in [2.45, 2.75) is 13.3 Å². The maximum atomic E-state index is 11.4. The number of hydrogen-bond donors (Lipinski definition) is 2. The molecule has 17 heavy (non-hydrogen) atoms. The Bertz CT molecular complexity index is 429. The van der Waals surface area contributed by atoms with Crippen LogP contribution in [0.4, 0.5) is 0 Å². The summed E-state index contributed by atoms with van der Waals surface area (Å²) in [6.45, 7) is 1.56. The van der Waals surface area contributed by atoms with Crippen LogP contribution in [0.2, 0.25) is 0 Å². The third kappa shape index (κ3) is 4.14. The van der Waals surface area contributed by atoms with E-state index < -0.39 is 5.97 Å². The van der Waals surface area contributed by atoms with Crippen molar-refractivity contribution in [1.82, 2.24) is 5.32 Å². The lowest BCUT2D eigenvalue weighted by atomic mass is 10.1. The molecule has 0 spiro atoms. The first-order valence-electron chi connectivity index (χ1n) is 5.15. The molecule has 1 aromatic carbocycles.